The average Bonchev–Trinajstić information content (AvgIpc) is 2.43. The van der Waals surface area contributed by atoms with Gasteiger partial charge < -0.3 is 14.2 Å². The molecule has 0 aliphatic carbocycles. The van der Waals surface area contributed by atoms with Gasteiger partial charge in [0.25, 0.3) is 0 Å². The van der Waals surface area contributed by atoms with Crippen LogP contribution in [-0.4, -0.2) is 19.0 Å². The molecule has 0 aliphatic rings. The number of halogens is 1. The highest BCUT2D eigenvalue weighted by atomic mass is 35.5. The zero-order chi connectivity index (χ0) is 15.1. The first-order valence-corrected chi connectivity index (χ1v) is 6.20. The van der Waals surface area contributed by atoms with E-state index in [0.29, 0.717) is 16.3 Å². The molecule has 0 aliphatic heterocycles. The standard InChI is InChI=1S/C14H15ClO5/c1-4-12(14(17)18-3)20-13-6-5-11(15)7-10(13)8-19-9(2)16/h4-7H,8H2,1-3H3. The second kappa shape index (κ2) is 7.55. The van der Waals surface area contributed by atoms with Crippen molar-refractivity contribution in [2.45, 2.75) is 20.5 Å². The molecule has 0 saturated carbocycles. The van der Waals surface area contributed by atoms with Gasteiger partial charge in [-0.2, -0.15) is 0 Å². The monoisotopic (exact) mass is 298 g/mol. The van der Waals surface area contributed by atoms with Gasteiger partial charge in [-0.3, -0.25) is 4.79 Å². The summed E-state index contributed by atoms with van der Waals surface area (Å²) in [6, 6.07) is 4.80. The van der Waals surface area contributed by atoms with Crippen molar-refractivity contribution >= 4 is 23.5 Å². The van der Waals surface area contributed by atoms with Crippen molar-refractivity contribution in [1.29, 1.82) is 0 Å². The van der Waals surface area contributed by atoms with Crippen LogP contribution in [-0.2, 0) is 25.7 Å². The summed E-state index contributed by atoms with van der Waals surface area (Å²) in [4.78, 5) is 22.3. The van der Waals surface area contributed by atoms with E-state index in [2.05, 4.69) is 4.74 Å². The summed E-state index contributed by atoms with van der Waals surface area (Å²) in [5.74, 6) is -0.607. The van der Waals surface area contributed by atoms with Gasteiger partial charge in [0.1, 0.15) is 12.4 Å². The van der Waals surface area contributed by atoms with Gasteiger partial charge >= 0.3 is 11.9 Å². The number of benzene rings is 1. The van der Waals surface area contributed by atoms with Gasteiger partial charge in [0, 0.05) is 17.5 Å². The molecule has 20 heavy (non-hydrogen) atoms. The second-order valence-electron chi connectivity index (χ2n) is 3.78. The zero-order valence-corrected chi connectivity index (χ0v) is 12.2. The summed E-state index contributed by atoms with van der Waals surface area (Å²) in [5.41, 5.74) is 0.552. The molecule has 0 unspecified atom stereocenters. The van der Waals surface area contributed by atoms with Crippen molar-refractivity contribution in [3.8, 4) is 5.75 Å². The van der Waals surface area contributed by atoms with E-state index in [1.807, 2.05) is 0 Å². The van der Waals surface area contributed by atoms with Gasteiger partial charge in [0.2, 0.25) is 5.76 Å². The van der Waals surface area contributed by atoms with Crippen molar-refractivity contribution in [2.24, 2.45) is 0 Å². The van der Waals surface area contributed by atoms with Crippen molar-refractivity contribution in [1.82, 2.24) is 0 Å². The molecule has 0 N–H and O–H groups in total. The molecule has 6 heteroatoms. The van der Waals surface area contributed by atoms with E-state index < -0.39 is 11.9 Å². The normalized spacial score (nSPS) is 10.9. The third-order valence-corrected chi connectivity index (χ3v) is 2.56. The van der Waals surface area contributed by atoms with Crippen molar-refractivity contribution < 1.29 is 23.8 Å². The Kier molecular flexibility index (Phi) is 6.06. The Bertz CT molecular complexity index is 536. The van der Waals surface area contributed by atoms with E-state index in [4.69, 9.17) is 21.1 Å². The summed E-state index contributed by atoms with van der Waals surface area (Å²) in [6.07, 6.45) is 1.48. The fraction of sp³-hybridized carbons (Fsp3) is 0.286. The molecule has 0 atom stereocenters. The first-order chi connectivity index (χ1) is 9.47. The lowest BCUT2D eigenvalue weighted by Crippen LogP contribution is -2.11. The molecule has 0 spiro atoms. The summed E-state index contributed by atoms with van der Waals surface area (Å²) in [6.45, 7) is 2.95. The number of ether oxygens (including phenoxy) is 3. The summed E-state index contributed by atoms with van der Waals surface area (Å²) in [7, 11) is 1.26. The maximum absolute atomic E-state index is 11.5. The molecular weight excluding hydrogens is 284 g/mol. The minimum atomic E-state index is -0.596. The average molecular weight is 299 g/mol. The maximum atomic E-state index is 11.5. The number of esters is 2. The molecule has 1 rings (SSSR count). The molecule has 108 valence electrons. The van der Waals surface area contributed by atoms with E-state index in [1.165, 1.54) is 20.1 Å². The third-order valence-electron chi connectivity index (χ3n) is 2.32. The summed E-state index contributed by atoms with van der Waals surface area (Å²) in [5, 5.41) is 0.472. The highest BCUT2D eigenvalue weighted by Gasteiger charge is 2.14. The lowest BCUT2D eigenvalue weighted by atomic mass is 10.2. The molecular formula is C14H15ClO5. The first-order valence-electron chi connectivity index (χ1n) is 5.82. The van der Waals surface area contributed by atoms with Crippen LogP contribution in [0.3, 0.4) is 0 Å². The van der Waals surface area contributed by atoms with E-state index in [9.17, 15) is 9.59 Å². The van der Waals surface area contributed by atoms with Gasteiger partial charge in [0.05, 0.1) is 7.11 Å². The largest absolute Gasteiger partial charge is 0.463 e. The van der Waals surface area contributed by atoms with E-state index in [0.717, 1.165) is 0 Å². The fourth-order valence-electron chi connectivity index (χ4n) is 1.38. The van der Waals surface area contributed by atoms with E-state index >= 15 is 0 Å². The lowest BCUT2D eigenvalue weighted by Gasteiger charge is -2.12. The third kappa shape index (κ3) is 4.59. The van der Waals surface area contributed by atoms with Crippen LogP contribution in [0.1, 0.15) is 19.4 Å². The van der Waals surface area contributed by atoms with Crippen molar-refractivity contribution in [3.63, 3.8) is 0 Å². The molecule has 0 heterocycles. The Morgan fingerprint density at radius 2 is 2.05 bits per heavy atom. The summed E-state index contributed by atoms with van der Waals surface area (Å²) >= 11 is 5.89. The molecule has 0 fully saturated rings. The van der Waals surface area contributed by atoms with Crippen LogP contribution < -0.4 is 4.74 Å². The predicted octanol–water partition coefficient (Wildman–Crippen LogP) is 2.86. The number of methoxy groups -OCH3 is 1. The van der Waals surface area contributed by atoms with Crippen LogP contribution in [0.15, 0.2) is 30.0 Å². The van der Waals surface area contributed by atoms with Crippen molar-refractivity contribution in [3.05, 3.63) is 40.6 Å². The zero-order valence-electron chi connectivity index (χ0n) is 11.4. The molecule has 0 amide bonds. The quantitative estimate of drug-likeness (QED) is 0.475. The number of hydrogen-bond donors (Lipinski definition) is 0. The van der Waals surface area contributed by atoms with Crippen LogP contribution in [0.2, 0.25) is 5.02 Å². The van der Waals surface area contributed by atoms with Crippen molar-refractivity contribution in [2.75, 3.05) is 7.11 Å². The van der Waals surface area contributed by atoms with Crippen LogP contribution in [0.25, 0.3) is 0 Å². The van der Waals surface area contributed by atoms with Gasteiger partial charge in [-0.05, 0) is 31.2 Å². The van der Waals surface area contributed by atoms with Crippen LogP contribution in [0, 0.1) is 0 Å². The maximum Gasteiger partial charge on any atom is 0.373 e. The predicted molar refractivity (Wildman–Crippen MR) is 73.3 cm³/mol. The highest BCUT2D eigenvalue weighted by Crippen LogP contribution is 2.25. The first kappa shape index (κ1) is 16.0. The van der Waals surface area contributed by atoms with Crippen LogP contribution in [0.4, 0.5) is 0 Å². The number of hydrogen-bond acceptors (Lipinski definition) is 5. The smallest absolute Gasteiger partial charge is 0.373 e. The molecule has 0 bridgehead atoms. The SMILES string of the molecule is CC=C(Oc1ccc(Cl)cc1COC(C)=O)C(=O)OC. The Morgan fingerprint density at radius 1 is 1.35 bits per heavy atom. The Morgan fingerprint density at radius 3 is 2.60 bits per heavy atom. The number of carbonyl (C=O) groups excluding carboxylic acids is 2. The molecule has 1 aromatic carbocycles. The van der Waals surface area contributed by atoms with E-state index in [-0.39, 0.29) is 12.4 Å². The summed E-state index contributed by atoms with van der Waals surface area (Å²) < 4.78 is 15.0. The number of allylic oxidation sites excluding steroid dienone is 1. The van der Waals surface area contributed by atoms with Gasteiger partial charge in [-0.1, -0.05) is 11.6 Å². The number of rotatable bonds is 5. The van der Waals surface area contributed by atoms with Gasteiger partial charge in [0.15, 0.2) is 0 Å². The molecule has 0 radical (unpaired) electrons. The number of carbonyl (C=O) groups is 2. The molecule has 0 saturated heterocycles. The van der Waals surface area contributed by atoms with Gasteiger partial charge in [-0.25, -0.2) is 4.79 Å². The Labute approximate surface area is 122 Å². The fourth-order valence-corrected chi connectivity index (χ4v) is 1.57. The molecule has 0 aromatic heterocycles. The Balaban J connectivity index is 2.98. The second-order valence-corrected chi connectivity index (χ2v) is 4.22. The minimum Gasteiger partial charge on any atom is -0.463 e. The van der Waals surface area contributed by atoms with Crippen LogP contribution >= 0.6 is 11.6 Å². The van der Waals surface area contributed by atoms with E-state index in [1.54, 1.807) is 25.1 Å². The molecule has 5 nitrogen and oxygen atoms in total. The topological polar surface area (TPSA) is 61.8 Å². The Hall–Kier alpha value is -2.01. The van der Waals surface area contributed by atoms with Crippen LogP contribution in [0.5, 0.6) is 5.75 Å². The van der Waals surface area contributed by atoms with Gasteiger partial charge in [-0.15, -0.1) is 0 Å². The highest BCUT2D eigenvalue weighted by molar-refractivity contribution is 6.30. The minimum absolute atomic E-state index is 0.00337. The lowest BCUT2D eigenvalue weighted by molar-refractivity contribution is -0.142. The molecule has 1 aromatic rings.